The average Bonchev–Trinajstić information content (AvgIpc) is 3.22. The molecule has 5 nitrogen and oxygen atoms in total. The normalized spacial score (nSPS) is 20.5. The van der Waals surface area contributed by atoms with E-state index in [1.165, 1.54) is 11.1 Å². The summed E-state index contributed by atoms with van der Waals surface area (Å²) in [4.78, 5) is 6.47. The molecule has 1 aliphatic rings. The van der Waals surface area contributed by atoms with E-state index in [1.54, 1.807) is 6.20 Å². The van der Waals surface area contributed by atoms with Gasteiger partial charge in [0, 0.05) is 50.4 Å². The van der Waals surface area contributed by atoms with Crippen LogP contribution in [0.2, 0.25) is 0 Å². The first kappa shape index (κ1) is 16.9. The lowest BCUT2D eigenvalue weighted by atomic mass is 10.0. The van der Waals surface area contributed by atoms with E-state index in [9.17, 15) is 5.11 Å². The van der Waals surface area contributed by atoms with Crippen molar-refractivity contribution in [3.63, 3.8) is 0 Å². The third-order valence-corrected chi connectivity index (χ3v) is 4.98. The zero-order valence-corrected chi connectivity index (χ0v) is 14.9. The molecule has 2 aromatic heterocycles. The van der Waals surface area contributed by atoms with E-state index in [0.717, 1.165) is 36.5 Å². The van der Waals surface area contributed by atoms with Gasteiger partial charge in [-0.3, -0.25) is 9.88 Å². The van der Waals surface area contributed by atoms with Crippen molar-refractivity contribution in [3.05, 3.63) is 71.9 Å². The van der Waals surface area contributed by atoms with E-state index in [2.05, 4.69) is 45.4 Å². The molecule has 1 saturated heterocycles. The van der Waals surface area contributed by atoms with Gasteiger partial charge in [0.25, 0.3) is 0 Å². The second kappa shape index (κ2) is 7.40. The average molecular weight is 349 g/mol. The zero-order chi connectivity index (χ0) is 17.9. The highest BCUT2D eigenvalue weighted by Gasteiger charge is 2.32. The molecule has 0 unspecified atom stereocenters. The Morgan fingerprint density at radius 3 is 2.69 bits per heavy atom. The summed E-state index contributed by atoms with van der Waals surface area (Å²) in [5.41, 5.74) is 4.43. The maximum absolute atomic E-state index is 10.4. The lowest BCUT2D eigenvalue weighted by Crippen LogP contribution is -2.21. The maximum atomic E-state index is 10.4. The minimum absolute atomic E-state index is 0.192. The minimum Gasteiger partial charge on any atom is -0.391 e. The standard InChI is InChI=1S/C21H23N3O2/c1-15-9-20(26-23-15)10-19-13-24(14-21(19)25)12-16-4-6-17(7-5-16)18-3-2-8-22-11-18/h2-9,11,19,21,25H,10,12-14H2,1H3/t19-,21-/m1/s1. The predicted octanol–water partition coefficient (Wildman–Crippen LogP) is 3.08. The maximum Gasteiger partial charge on any atom is 0.137 e. The number of likely N-dealkylation sites (tertiary alicyclic amines) is 1. The predicted molar refractivity (Wildman–Crippen MR) is 99.4 cm³/mol. The van der Waals surface area contributed by atoms with Crippen molar-refractivity contribution in [1.29, 1.82) is 0 Å². The summed E-state index contributed by atoms with van der Waals surface area (Å²) >= 11 is 0. The largest absolute Gasteiger partial charge is 0.391 e. The molecule has 1 aromatic carbocycles. The fourth-order valence-electron chi connectivity index (χ4n) is 3.64. The van der Waals surface area contributed by atoms with Crippen LogP contribution in [0, 0.1) is 12.8 Å². The number of aryl methyl sites for hydroxylation is 1. The summed E-state index contributed by atoms with van der Waals surface area (Å²) in [6.07, 6.45) is 4.07. The second-order valence-electron chi connectivity index (χ2n) is 7.10. The second-order valence-corrected chi connectivity index (χ2v) is 7.10. The van der Waals surface area contributed by atoms with Gasteiger partial charge in [-0.1, -0.05) is 35.5 Å². The van der Waals surface area contributed by atoms with Crippen LogP contribution in [-0.2, 0) is 13.0 Å². The first-order chi connectivity index (χ1) is 12.7. The van der Waals surface area contributed by atoms with Gasteiger partial charge in [0.2, 0.25) is 0 Å². The third-order valence-electron chi connectivity index (χ3n) is 4.98. The lowest BCUT2D eigenvalue weighted by Gasteiger charge is -2.15. The number of pyridine rings is 1. The molecule has 1 fully saturated rings. The summed E-state index contributed by atoms with van der Waals surface area (Å²) in [5.74, 6) is 1.05. The number of benzene rings is 1. The Hall–Kier alpha value is -2.50. The van der Waals surface area contributed by atoms with Crippen LogP contribution in [-0.4, -0.2) is 39.3 Å². The van der Waals surface area contributed by atoms with Crippen molar-refractivity contribution in [2.24, 2.45) is 5.92 Å². The van der Waals surface area contributed by atoms with Gasteiger partial charge in [0.05, 0.1) is 11.8 Å². The number of aliphatic hydroxyl groups excluding tert-OH is 1. The van der Waals surface area contributed by atoms with Crippen molar-refractivity contribution in [1.82, 2.24) is 15.0 Å². The monoisotopic (exact) mass is 349 g/mol. The van der Waals surface area contributed by atoms with Gasteiger partial charge in [-0.05, 0) is 29.7 Å². The summed E-state index contributed by atoms with van der Waals surface area (Å²) in [6.45, 7) is 4.32. The molecular weight excluding hydrogens is 326 g/mol. The summed E-state index contributed by atoms with van der Waals surface area (Å²) in [6, 6.07) is 14.5. The van der Waals surface area contributed by atoms with Crippen molar-refractivity contribution >= 4 is 0 Å². The van der Waals surface area contributed by atoms with Crippen LogP contribution in [0.5, 0.6) is 0 Å². The number of hydrogen-bond acceptors (Lipinski definition) is 5. The highest BCUT2D eigenvalue weighted by molar-refractivity contribution is 5.62. The molecular formula is C21H23N3O2. The minimum atomic E-state index is -0.324. The topological polar surface area (TPSA) is 62.4 Å². The van der Waals surface area contributed by atoms with E-state index >= 15 is 0 Å². The van der Waals surface area contributed by atoms with Gasteiger partial charge in [0.1, 0.15) is 5.76 Å². The quantitative estimate of drug-likeness (QED) is 0.767. The number of aromatic nitrogens is 2. The number of nitrogens with zero attached hydrogens (tertiary/aromatic N) is 3. The molecule has 0 saturated carbocycles. The Labute approximate surface area is 153 Å². The molecule has 0 radical (unpaired) electrons. The highest BCUT2D eigenvalue weighted by Crippen LogP contribution is 2.24. The fourth-order valence-corrected chi connectivity index (χ4v) is 3.64. The molecule has 0 amide bonds. The molecule has 0 bridgehead atoms. The first-order valence-electron chi connectivity index (χ1n) is 8.99. The summed E-state index contributed by atoms with van der Waals surface area (Å²) in [7, 11) is 0. The van der Waals surface area contributed by atoms with Crippen molar-refractivity contribution in [3.8, 4) is 11.1 Å². The van der Waals surface area contributed by atoms with E-state index < -0.39 is 0 Å². The molecule has 1 aliphatic heterocycles. The van der Waals surface area contributed by atoms with Crippen LogP contribution < -0.4 is 0 Å². The molecule has 5 heteroatoms. The molecule has 2 atom stereocenters. The molecule has 134 valence electrons. The van der Waals surface area contributed by atoms with E-state index in [-0.39, 0.29) is 12.0 Å². The Morgan fingerprint density at radius 2 is 2.00 bits per heavy atom. The smallest absolute Gasteiger partial charge is 0.137 e. The zero-order valence-electron chi connectivity index (χ0n) is 14.9. The van der Waals surface area contributed by atoms with Crippen molar-refractivity contribution in [2.45, 2.75) is 26.0 Å². The van der Waals surface area contributed by atoms with Gasteiger partial charge in [0.15, 0.2) is 0 Å². The number of rotatable bonds is 5. The Morgan fingerprint density at radius 1 is 1.15 bits per heavy atom. The van der Waals surface area contributed by atoms with Gasteiger partial charge >= 0.3 is 0 Å². The van der Waals surface area contributed by atoms with E-state index in [1.807, 2.05) is 25.3 Å². The molecule has 4 rings (SSSR count). The SMILES string of the molecule is Cc1cc(C[C@@H]2CN(Cc3ccc(-c4cccnc4)cc3)C[C@H]2O)on1. The fraction of sp³-hybridized carbons (Fsp3) is 0.333. The van der Waals surface area contributed by atoms with Crippen LogP contribution in [0.4, 0.5) is 0 Å². The van der Waals surface area contributed by atoms with Gasteiger partial charge in [-0.2, -0.15) is 0 Å². The van der Waals surface area contributed by atoms with Gasteiger partial charge in [-0.15, -0.1) is 0 Å². The molecule has 3 heterocycles. The number of aliphatic hydroxyl groups is 1. The highest BCUT2D eigenvalue weighted by atomic mass is 16.5. The van der Waals surface area contributed by atoms with Gasteiger partial charge < -0.3 is 9.63 Å². The Bertz CT molecular complexity index is 845. The third kappa shape index (κ3) is 3.84. The number of β-amino-alcohol motifs (C(OH)–C–C–N with tert-alkyl or cyclic N) is 1. The van der Waals surface area contributed by atoms with Crippen molar-refractivity contribution in [2.75, 3.05) is 13.1 Å². The lowest BCUT2D eigenvalue weighted by molar-refractivity contribution is 0.137. The molecule has 1 N–H and O–H groups in total. The van der Waals surface area contributed by atoms with Crippen LogP contribution in [0.1, 0.15) is 17.0 Å². The molecule has 26 heavy (non-hydrogen) atoms. The molecule has 0 spiro atoms. The van der Waals surface area contributed by atoms with E-state index in [4.69, 9.17) is 4.52 Å². The van der Waals surface area contributed by atoms with Crippen LogP contribution >= 0.6 is 0 Å². The van der Waals surface area contributed by atoms with Crippen LogP contribution in [0.15, 0.2) is 59.4 Å². The Kier molecular flexibility index (Phi) is 4.82. The number of hydrogen-bond donors (Lipinski definition) is 1. The molecule has 0 aliphatic carbocycles. The molecule has 3 aromatic rings. The summed E-state index contributed by atoms with van der Waals surface area (Å²) in [5, 5.41) is 14.3. The van der Waals surface area contributed by atoms with E-state index in [0.29, 0.717) is 6.54 Å². The van der Waals surface area contributed by atoms with Crippen molar-refractivity contribution < 1.29 is 9.63 Å². The summed E-state index contributed by atoms with van der Waals surface area (Å²) < 4.78 is 5.30. The van der Waals surface area contributed by atoms with Crippen LogP contribution in [0.3, 0.4) is 0 Å². The Balaban J connectivity index is 1.37. The van der Waals surface area contributed by atoms with Gasteiger partial charge in [-0.25, -0.2) is 0 Å². The van der Waals surface area contributed by atoms with Crippen LogP contribution in [0.25, 0.3) is 11.1 Å². The first-order valence-corrected chi connectivity index (χ1v) is 8.99.